The Morgan fingerprint density at radius 2 is 2.06 bits per heavy atom. The van der Waals surface area contributed by atoms with E-state index in [0.717, 1.165) is 12.5 Å². The van der Waals surface area contributed by atoms with E-state index in [1.165, 1.54) is 24.0 Å². The van der Waals surface area contributed by atoms with Gasteiger partial charge in [-0.25, -0.2) is 0 Å². The van der Waals surface area contributed by atoms with Gasteiger partial charge in [0.2, 0.25) is 5.91 Å². The molecule has 2 unspecified atom stereocenters. The highest BCUT2D eigenvalue weighted by molar-refractivity contribution is 8.01. The van der Waals surface area contributed by atoms with Gasteiger partial charge in [0, 0.05) is 6.54 Å². The van der Waals surface area contributed by atoms with E-state index in [0.29, 0.717) is 5.91 Å². The minimum absolute atomic E-state index is 0.105. The summed E-state index contributed by atoms with van der Waals surface area (Å²) in [6.07, 6.45) is 2.59. The van der Waals surface area contributed by atoms with Crippen LogP contribution in [0.3, 0.4) is 0 Å². The Morgan fingerprint density at radius 1 is 1.33 bits per heavy atom. The van der Waals surface area contributed by atoms with Crippen molar-refractivity contribution in [2.75, 3.05) is 6.54 Å². The predicted molar refractivity (Wildman–Crippen MR) is 75.4 cm³/mol. The van der Waals surface area contributed by atoms with Gasteiger partial charge in [-0.1, -0.05) is 24.3 Å². The lowest BCUT2D eigenvalue weighted by atomic mass is 10.1. The SMILES string of the molecule is Cc1ccccc1C1SC(C)C(=O)N1CC1CC1. The first-order valence-corrected chi connectivity index (χ1v) is 7.62. The Labute approximate surface area is 113 Å². The summed E-state index contributed by atoms with van der Waals surface area (Å²) >= 11 is 1.80. The molecule has 3 rings (SSSR count). The van der Waals surface area contributed by atoms with Crippen LogP contribution in [0.15, 0.2) is 24.3 Å². The first-order chi connectivity index (χ1) is 8.66. The summed E-state index contributed by atoms with van der Waals surface area (Å²) in [6.45, 7) is 5.12. The largest absolute Gasteiger partial charge is 0.325 e. The Morgan fingerprint density at radius 3 is 2.72 bits per heavy atom. The molecule has 1 heterocycles. The van der Waals surface area contributed by atoms with Crippen LogP contribution in [0.4, 0.5) is 0 Å². The molecule has 0 N–H and O–H groups in total. The number of rotatable bonds is 3. The molecule has 1 saturated carbocycles. The molecule has 0 bridgehead atoms. The molecule has 0 spiro atoms. The van der Waals surface area contributed by atoms with Gasteiger partial charge in [0.05, 0.1) is 5.25 Å². The van der Waals surface area contributed by atoms with Crippen molar-refractivity contribution < 1.29 is 4.79 Å². The van der Waals surface area contributed by atoms with Crippen LogP contribution in [-0.4, -0.2) is 22.6 Å². The minimum Gasteiger partial charge on any atom is -0.325 e. The van der Waals surface area contributed by atoms with Gasteiger partial charge in [-0.3, -0.25) is 4.79 Å². The number of amides is 1. The molecule has 1 aliphatic heterocycles. The van der Waals surface area contributed by atoms with E-state index < -0.39 is 0 Å². The van der Waals surface area contributed by atoms with E-state index in [9.17, 15) is 4.79 Å². The molecule has 1 saturated heterocycles. The van der Waals surface area contributed by atoms with E-state index in [1.807, 2.05) is 6.92 Å². The summed E-state index contributed by atoms with van der Waals surface area (Å²) in [5, 5.41) is 0.336. The maximum Gasteiger partial charge on any atom is 0.236 e. The molecule has 1 aromatic carbocycles. The van der Waals surface area contributed by atoms with Gasteiger partial charge in [-0.05, 0) is 43.7 Å². The second-order valence-corrected chi connectivity index (χ2v) is 6.85. The summed E-state index contributed by atoms with van der Waals surface area (Å²) in [5.74, 6) is 1.08. The molecule has 1 aromatic rings. The van der Waals surface area contributed by atoms with Crippen molar-refractivity contribution in [3.05, 3.63) is 35.4 Å². The summed E-state index contributed by atoms with van der Waals surface area (Å²) in [5.41, 5.74) is 2.60. The quantitative estimate of drug-likeness (QED) is 0.831. The Kier molecular flexibility index (Phi) is 3.10. The van der Waals surface area contributed by atoms with Gasteiger partial charge in [0.15, 0.2) is 0 Å². The minimum atomic E-state index is 0.105. The standard InChI is InChI=1S/C15H19NOS/c1-10-5-3-4-6-13(10)15-16(9-12-7-8-12)14(17)11(2)18-15/h3-6,11-12,15H,7-9H2,1-2H3. The van der Waals surface area contributed by atoms with Gasteiger partial charge in [-0.15, -0.1) is 11.8 Å². The number of hydrogen-bond acceptors (Lipinski definition) is 2. The van der Waals surface area contributed by atoms with Crippen molar-refractivity contribution in [1.29, 1.82) is 0 Å². The maximum absolute atomic E-state index is 12.3. The van der Waals surface area contributed by atoms with Crippen LogP contribution in [0.5, 0.6) is 0 Å². The molecule has 2 atom stereocenters. The smallest absolute Gasteiger partial charge is 0.236 e. The third kappa shape index (κ3) is 2.16. The molecule has 0 radical (unpaired) electrons. The van der Waals surface area contributed by atoms with Crippen LogP contribution in [0.25, 0.3) is 0 Å². The van der Waals surface area contributed by atoms with E-state index in [2.05, 4.69) is 36.1 Å². The lowest BCUT2D eigenvalue weighted by Crippen LogP contribution is -2.32. The Hall–Kier alpha value is -0.960. The van der Waals surface area contributed by atoms with Crippen LogP contribution in [0, 0.1) is 12.8 Å². The molecule has 1 aliphatic carbocycles. The van der Waals surface area contributed by atoms with Crippen molar-refractivity contribution in [2.45, 2.75) is 37.3 Å². The monoisotopic (exact) mass is 261 g/mol. The van der Waals surface area contributed by atoms with Crippen molar-refractivity contribution in [2.24, 2.45) is 5.92 Å². The van der Waals surface area contributed by atoms with E-state index >= 15 is 0 Å². The highest BCUT2D eigenvalue weighted by Gasteiger charge is 2.41. The Bertz CT molecular complexity index is 469. The zero-order valence-electron chi connectivity index (χ0n) is 10.9. The fraction of sp³-hybridized carbons (Fsp3) is 0.533. The van der Waals surface area contributed by atoms with Crippen LogP contribution < -0.4 is 0 Å². The van der Waals surface area contributed by atoms with E-state index in [1.54, 1.807) is 11.8 Å². The number of nitrogens with zero attached hydrogens (tertiary/aromatic N) is 1. The van der Waals surface area contributed by atoms with E-state index in [4.69, 9.17) is 0 Å². The molecule has 18 heavy (non-hydrogen) atoms. The van der Waals surface area contributed by atoms with Crippen molar-refractivity contribution >= 4 is 17.7 Å². The highest BCUT2D eigenvalue weighted by Crippen LogP contribution is 2.45. The Balaban J connectivity index is 1.89. The van der Waals surface area contributed by atoms with Gasteiger partial charge in [0.25, 0.3) is 0 Å². The average Bonchev–Trinajstić information content (AvgIpc) is 3.13. The molecular formula is C15H19NOS. The number of hydrogen-bond donors (Lipinski definition) is 0. The van der Waals surface area contributed by atoms with Gasteiger partial charge in [0.1, 0.15) is 5.37 Å². The molecule has 0 aromatic heterocycles. The molecule has 3 heteroatoms. The zero-order valence-corrected chi connectivity index (χ0v) is 11.7. The second kappa shape index (κ2) is 4.61. The fourth-order valence-electron chi connectivity index (χ4n) is 2.54. The third-order valence-electron chi connectivity index (χ3n) is 3.85. The lowest BCUT2D eigenvalue weighted by Gasteiger charge is -2.25. The number of carbonyl (C=O) groups excluding carboxylic acids is 1. The summed E-state index contributed by atoms with van der Waals surface area (Å²) in [7, 11) is 0. The normalized spacial score (nSPS) is 27.9. The molecule has 1 amide bonds. The zero-order chi connectivity index (χ0) is 12.7. The van der Waals surface area contributed by atoms with Crippen molar-refractivity contribution in [3.8, 4) is 0 Å². The molecule has 2 fully saturated rings. The first-order valence-electron chi connectivity index (χ1n) is 6.68. The predicted octanol–water partition coefficient (Wildman–Crippen LogP) is 3.37. The van der Waals surface area contributed by atoms with Crippen LogP contribution in [0.1, 0.15) is 36.3 Å². The number of thioether (sulfide) groups is 1. The first kappa shape index (κ1) is 12.1. The number of aryl methyl sites for hydroxylation is 1. The van der Waals surface area contributed by atoms with Gasteiger partial charge >= 0.3 is 0 Å². The third-order valence-corrected chi connectivity index (χ3v) is 5.23. The van der Waals surface area contributed by atoms with Gasteiger partial charge < -0.3 is 4.90 Å². The molecular weight excluding hydrogens is 242 g/mol. The second-order valence-electron chi connectivity index (χ2n) is 5.42. The lowest BCUT2D eigenvalue weighted by molar-refractivity contribution is -0.130. The number of carbonyl (C=O) groups is 1. The topological polar surface area (TPSA) is 20.3 Å². The van der Waals surface area contributed by atoms with Crippen molar-refractivity contribution in [1.82, 2.24) is 4.90 Å². The summed E-state index contributed by atoms with van der Waals surface area (Å²) in [6, 6.07) is 8.44. The van der Waals surface area contributed by atoms with Crippen LogP contribution in [-0.2, 0) is 4.79 Å². The van der Waals surface area contributed by atoms with Crippen molar-refractivity contribution in [3.63, 3.8) is 0 Å². The molecule has 96 valence electrons. The average molecular weight is 261 g/mol. The molecule has 2 nitrogen and oxygen atoms in total. The number of benzene rings is 1. The maximum atomic E-state index is 12.3. The summed E-state index contributed by atoms with van der Waals surface area (Å²) < 4.78 is 0. The highest BCUT2D eigenvalue weighted by atomic mass is 32.2. The van der Waals surface area contributed by atoms with Gasteiger partial charge in [-0.2, -0.15) is 0 Å². The fourth-order valence-corrected chi connectivity index (χ4v) is 3.93. The molecule has 2 aliphatic rings. The van der Waals surface area contributed by atoms with Crippen LogP contribution in [0.2, 0.25) is 0 Å². The summed E-state index contributed by atoms with van der Waals surface area (Å²) in [4.78, 5) is 14.4. The van der Waals surface area contributed by atoms with Crippen LogP contribution >= 0.6 is 11.8 Å². The van der Waals surface area contributed by atoms with E-state index in [-0.39, 0.29) is 10.6 Å².